The van der Waals surface area contributed by atoms with Gasteiger partial charge in [-0.05, 0) is 19.8 Å². The summed E-state index contributed by atoms with van der Waals surface area (Å²) in [6.45, 7) is 3.77. The maximum absolute atomic E-state index is 13.9. The normalized spacial score (nSPS) is 25.1. The van der Waals surface area contributed by atoms with Gasteiger partial charge in [0, 0.05) is 36.5 Å². The molecule has 2 aliphatic carbocycles. The Bertz CT molecular complexity index is 1280. The van der Waals surface area contributed by atoms with Crippen molar-refractivity contribution in [3.63, 3.8) is 0 Å². The largest absolute Gasteiger partial charge is 0.496 e. The summed E-state index contributed by atoms with van der Waals surface area (Å²) in [5.41, 5.74) is 0.448. The lowest BCUT2D eigenvalue weighted by Crippen LogP contribution is -2.51. The van der Waals surface area contributed by atoms with Crippen LogP contribution in [0.1, 0.15) is 86.2 Å². The van der Waals surface area contributed by atoms with Crippen LogP contribution in [0.3, 0.4) is 0 Å². The molecule has 1 aromatic heterocycles. The lowest BCUT2D eigenvalue weighted by atomic mass is 9.75. The molecular weight excluding hydrogens is 512 g/mol. The van der Waals surface area contributed by atoms with E-state index in [1.54, 1.807) is 12.1 Å². The van der Waals surface area contributed by atoms with Crippen molar-refractivity contribution in [1.82, 2.24) is 5.16 Å². The highest BCUT2D eigenvalue weighted by Gasteiger charge is 2.59. The van der Waals surface area contributed by atoms with Crippen LogP contribution in [0.5, 0.6) is 17.2 Å². The fourth-order valence-corrected chi connectivity index (χ4v) is 5.93. The topological polar surface area (TPSA) is 102 Å². The van der Waals surface area contributed by atoms with E-state index in [4.69, 9.17) is 39.9 Å². The van der Waals surface area contributed by atoms with Crippen molar-refractivity contribution in [1.29, 1.82) is 0 Å². The van der Waals surface area contributed by atoms with Crippen LogP contribution in [0.15, 0.2) is 33.6 Å². The van der Waals surface area contributed by atoms with Crippen molar-refractivity contribution in [2.75, 3.05) is 21.3 Å². The number of methoxy groups -OCH3 is 3. The molecule has 1 saturated carbocycles. The number of Topliss-reactive ketones (excluding diaryl/α,β-unsaturated/α-hetero) is 1. The van der Waals surface area contributed by atoms with E-state index in [0.29, 0.717) is 41.1 Å². The first kappa shape index (κ1) is 26.4. The number of hydrogen-bond acceptors (Lipinski definition) is 9. The van der Waals surface area contributed by atoms with E-state index < -0.39 is 11.7 Å². The van der Waals surface area contributed by atoms with Gasteiger partial charge in [-0.2, -0.15) is 0 Å². The lowest BCUT2D eigenvalue weighted by Gasteiger charge is -2.37. The molecule has 0 saturated heterocycles. The monoisotopic (exact) mass is 544 g/mol. The zero-order valence-electron chi connectivity index (χ0n) is 22.3. The van der Waals surface area contributed by atoms with Crippen molar-refractivity contribution >= 4 is 23.1 Å². The molecule has 0 amide bonds. The standard InChI is InChI=1S/C28H33ClN2O7/c1-15-11-18(30-37-16(2)20-13-19(31-38-20)17-9-7-6-8-10-17)12-23(35-5)28(15)27(32)24-21(33-3)14-22(34-4)25(29)26(24)36-28/h12-17H,6-11H2,1-5H3/b30-18+/t15-,16-,28+/m1/s1. The molecule has 0 unspecified atom stereocenters. The van der Waals surface area contributed by atoms with Crippen molar-refractivity contribution in [3.8, 4) is 17.2 Å². The zero-order chi connectivity index (χ0) is 27.0. The van der Waals surface area contributed by atoms with Crippen LogP contribution in [-0.4, -0.2) is 43.6 Å². The summed E-state index contributed by atoms with van der Waals surface area (Å²) in [7, 11) is 4.46. The van der Waals surface area contributed by atoms with Crippen molar-refractivity contribution in [3.05, 3.63) is 46.0 Å². The molecule has 0 radical (unpaired) electrons. The molecule has 0 bridgehead atoms. The molecule has 2 heterocycles. The molecular formula is C28H33ClN2O7. The number of rotatable bonds is 7. The number of oxime groups is 1. The smallest absolute Gasteiger partial charge is 0.231 e. The summed E-state index contributed by atoms with van der Waals surface area (Å²) in [6, 6.07) is 3.56. The number of benzene rings is 1. The van der Waals surface area contributed by atoms with Crippen molar-refractivity contribution in [2.24, 2.45) is 11.1 Å². The highest BCUT2D eigenvalue weighted by Crippen LogP contribution is 2.54. The van der Waals surface area contributed by atoms with Gasteiger partial charge in [-0.25, -0.2) is 0 Å². The van der Waals surface area contributed by atoms with Crippen LogP contribution < -0.4 is 14.2 Å². The van der Waals surface area contributed by atoms with E-state index >= 15 is 0 Å². The number of nitrogens with zero attached hydrogens (tertiary/aromatic N) is 2. The maximum Gasteiger partial charge on any atom is 0.231 e. The van der Waals surface area contributed by atoms with Gasteiger partial charge in [0.2, 0.25) is 11.4 Å². The van der Waals surface area contributed by atoms with Crippen LogP contribution in [0.4, 0.5) is 0 Å². The second-order valence-corrected chi connectivity index (χ2v) is 10.5. The van der Waals surface area contributed by atoms with Gasteiger partial charge in [0.25, 0.3) is 0 Å². The first-order valence-corrected chi connectivity index (χ1v) is 13.3. The van der Waals surface area contributed by atoms with E-state index in [1.807, 2.05) is 19.9 Å². The number of halogens is 1. The number of hydrogen-bond donors (Lipinski definition) is 0. The number of aromatic nitrogens is 1. The summed E-state index contributed by atoms with van der Waals surface area (Å²) in [4.78, 5) is 19.7. The Morgan fingerprint density at radius 2 is 1.84 bits per heavy atom. The van der Waals surface area contributed by atoms with Gasteiger partial charge >= 0.3 is 0 Å². The quantitative estimate of drug-likeness (QED) is 0.368. The average molecular weight is 545 g/mol. The number of fused-ring (bicyclic) bond motifs is 1. The van der Waals surface area contributed by atoms with E-state index in [1.165, 1.54) is 40.6 Å². The van der Waals surface area contributed by atoms with Gasteiger partial charge in [-0.1, -0.05) is 48.1 Å². The minimum Gasteiger partial charge on any atom is -0.496 e. The molecule has 3 atom stereocenters. The molecule has 204 valence electrons. The number of carbonyl (C=O) groups is 1. The first-order chi connectivity index (χ1) is 18.3. The summed E-state index contributed by atoms with van der Waals surface area (Å²) in [6.07, 6.45) is 7.68. The summed E-state index contributed by atoms with van der Waals surface area (Å²) >= 11 is 6.54. The first-order valence-electron chi connectivity index (χ1n) is 13.0. The Balaban J connectivity index is 1.39. The highest BCUT2D eigenvalue weighted by atomic mass is 35.5. The molecule has 1 aliphatic heterocycles. The molecule has 2 aromatic rings. The van der Waals surface area contributed by atoms with E-state index in [9.17, 15) is 4.79 Å². The third-order valence-corrected chi connectivity index (χ3v) is 8.17. The molecule has 5 rings (SSSR count). The number of allylic oxidation sites excluding steroid dienone is 1. The molecule has 1 aromatic carbocycles. The Kier molecular flexibility index (Phi) is 7.31. The summed E-state index contributed by atoms with van der Waals surface area (Å²) in [5, 5.41) is 8.86. The van der Waals surface area contributed by atoms with E-state index in [-0.39, 0.29) is 28.0 Å². The average Bonchev–Trinajstić information content (AvgIpc) is 3.55. The molecule has 9 nitrogen and oxygen atoms in total. The van der Waals surface area contributed by atoms with E-state index in [2.05, 4.69) is 10.3 Å². The Labute approximate surface area is 227 Å². The Morgan fingerprint density at radius 1 is 1.11 bits per heavy atom. The predicted molar refractivity (Wildman–Crippen MR) is 140 cm³/mol. The van der Waals surface area contributed by atoms with Gasteiger partial charge in [0.15, 0.2) is 17.6 Å². The molecule has 0 N–H and O–H groups in total. The molecule has 1 spiro atoms. The van der Waals surface area contributed by atoms with Gasteiger partial charge in [-0.3, -0.25) is 4.79 Å². The zero-order valence-corrected chi connectivity index (χ0v) is 23.1. The van der Waals surface area contributed by atoms with Gasteiger partial charge < -0.3 is 28.3 Å². The Hall–Kier alpha value is -3.20. The van der Waals surface area contributed by atoms with Crippen LogP contribution in [0.25, 0.3) is 0 Å². The third-order valence-electron chi connectivity index (χ3n) is 7.81. The Morgan fingerprint density at radius 3 is 2.53 bits per heavy atom. The second-order valence-electron chi connectivity index (χ2n) is 10.1. The van der Waals surface area contributed by atoms with E-state index in [0.717, 1.165) is 18.5 Å². The van der Waals surface area contributed by atoms with Crippen LogP contribution >= 0.6 is 11.6 Å². The highest BCUT2D eigenvalue weighted by molar-refractivity contribution is 6.35. The molecule has 10 heteroatoms. The number of ketones is 1. The molecule has 1 fully saturated rings. The fraction of sp³-hybridized carbons (Fsp3) is 0.536. The minimum absolute atomic E-state index is 0.201. The summed E-state index contributed by atoms with van der Waals surface area (Å²) in [5.74, 6) is 1.63. The third kappa shape index (κ3) is 4.30. The van der Waals surface area contributed by atoms with Crippen LogP contribution in [0.2, 0.25) is 5.02 Å². The fourth-order valence-electron chi connectivity index (χ4n) is 5.66. The van der Waals surface area contributed by atoms with Crippen LogP contribution in [-0.2, 0) is 9.57 Å². The number of ether oxygens (including phenoxy) is 4. The van der Waals surface area contributed by atoms with Crippen molar-refractivity contribution < 1.29 is 33.1 Å². The van der Waals surface area contributed by atoms with Gasteiger partial charge in [0.05, 0.1) is 32.7 Å². The van der Waals surface area contributed by atoms with Crippen LogP contribution in [0, 0.1) is 5.92 Å². The van der Waals surface area contributed by atoms with Gasteiger partial charge in [-0.15, -0.1) is 0 Å². The summed E-state index contributed by atoms with van der Waals surface area (Å²) < 4.78 is 28.4. The van der Waals surface area contributed by atoms with Crippen molar-refractivity contribution in [2.45, 2.75) is 70.0 Å². The lowest BCUT2D eigenvalue weighted by molar-refractivity contribution is 0.0187. The van der Waals surface area contributed by atoms with Gasteiger partial charge in [0.1, 0.15) is 27.8 Å². The molecule has 38 heavy (non-hydrogen) atoms. The second kappa shape index (κ2) is 10.5. The maximum atomic E-state index is 13.9. The predicted octanol–water partition coefficient (Wildman–Crippen LogP) is 6.41. The minimum atomic E-state index is -1.41. The number of carbonyl (C=O) groups excluding carboxylic acids is 1. The molecule has 3 aliphatic rings. The SMILES string of the molecule is COC1=C/C(=N/O[C@H](C)c2cc(C3CCCCC3)no2)C[C@@H](C)[C@]12Oc1c(Cl)c(OC)cc(OC)c1C2=O.